The molecule has 0 bridgehead atoms. The highest BCUT2D eigenvalue weighted by molar-refractivity contribution is 7.13. The van der Waals surface area contributed by atoms with Crippen LogP contribution >= 0.6 is 11.3 Å². The second-order valence-corrected chi connectivity index (χ2v) is 5.40. The van der Waals surface area contributed by atoms with Crippen LogP contribution in [0.25, 0.3) is 10.9 Å². The molecule has 1 amide bonds. The first kappa shape index (κ1) is 14.2. The van der Waals surface area contributed by atoms with E-state index in [9.17, 15) is 9.59 Å². The Morgan fingerprint density at radius 2 is 2.23 bits per heavy atom. The Kier molecular flexibility index (Phi) is 3.60. The van der Waals surface area contributed by atoms with Gasteiger partial charge in [-0.25, -0.2) is 0 Å². The molecule has 0 aliphatic carbocycles. The third-order valence-electron chi connectivity index (χ3n) is 3.22. The highest BCUT2D eigenvalue weighted by atomic mass is 32.1. The fourth-order valence-corrected chi connectivity index (χ4v) is 2.59. The fraction of sp³-hybridized carbons (Fsp3) is 0.143. The molecule has 1 N–H and O–H groups in total. The van der Waals surface area contributed by atoms with E-state index in [2.05, 4.69) is 15.5 Å². The minimum Gasteiger partial charge on any atom is -0.497 e. The molecule has 3 rings (SSSR count). The van der Waals surface area contributed by atoms with Gasteiger partial charge < -0.3 is 9.30 Å². The van der Waals surface area contributed by atoms with Crippen LogP contribution in [0.5, 0.6) is 5.75 Å². The summed E-state index contributed by atoms with van der Waals surface area (Å²) in [7, 11) is 3.30. The van der Waals surface area contributed by atoms with Crippen molar-refractivity contribution in [2.45, 2.75) is 0 Å². The summed E-state index contributed by atoms with van der Waals surface area (Å²) >= 11 is 1.18. The summed E-state index contributed by atoms with van der Waals surface area (Å²) in [5.41, 5.74) is 1.91. The molecule has 7 nitrogen and oxygen atoms in total. The average molecular weight is 316 g/mol. The number of anilines is 1. The maximum Gasteiger partial charge on any atom is 0.262 e. The molecule has 0 spiro atoms. The second-order valence-electron chi connectivity index (χ2n) is 4.56. The van der Waals surface area contributed by atoms with Crippen LogP contribution in [0.3, 0.4) is 0 Å². The number of aromatic nitrogens is 3. The van der Waals surface area contributed by atoms with Gasteiger partial charge in [0, 0.05) is 13.2 Å². The molecule has 0 fully saturated rings. The molecule has 2 heterocycles. The fourth-order valence-electron chi connectivity index (χ4n) is 2.15. The van der Waals surface area contributed by atoms with E-state index in [4.69, 9.17) is 4.74 Å². The molecule has 3 aromatic rings. The van der Waals surface area contributed by atoms with Crippen molar-refractivity contribution in [1.29, 1.82) is 0 Å². The number of hydrogen-bond acceptors (Lipinski definition) is 6. The van der Waals surface area contributed by atoms with Crippen LogP contribution < -0.4 is 15.5 Å². The van der Waals surface area contributed by atoms with E-state index >= 15 is 0 Å². The first-order valence-electron chi connectivity index (χ1n) is 6.35. The van der Waals surface area contributed by atoms with Crippen LogP contribution in [0.15, 0.2) is 34.7 Å². The minimum absolute atomic E-state index is 0.0402. The van der Waals surface area contributed by atoms with Gasteiger partial charge >= 0.3 is 0 Å². The Bertz CT molecular complexity index is 902. The first-order chi connectivity index (χ1) is 10.6. The van der Waals surface area contributed by atoms with Crippen molar-refractivity contribution in [3.63, 3.8) is 0 Å². The molecule has 0 saturated carbocycles. The van der Waals surface area contributed by atoms with Crippen LogP contribution in [0.2, 0.25) is 0 Å². The Morgan fingerprint density at radius 3 is 2.91 bits per heavy atom. The van der Waals surface area contributed by atoms with Crippen LogP contribution in [-0.2, 0) is 7.05 Å². The molecule has 1 aromatic carbocycles. The zero-order valence-corrected chi connectivity index (χ0v) is 12.7. The minimum atomic E-state index is -0.512. The molecular formula is C14H12N4O3S. The number of amides is 1. The number of fused-ring (bicyclic) bond motifs is 1. The number of nitrogens with one attached hydrogen (secondary N) is 1. The van der Waals surface area contributed by atoms with Crippen LogP contribution in [0, 0.1) is 0 Å². The lowest BCUT2D eigenvalue weighted by atomic mass is 10.1. The number of hydrogen-bond donors (Lipinski definition) is 1. The quantitative estimate of drug-likeness (QED) is 0.794. The smallest absolute Gasteiger partial charge is 0.262 e. The number of aryl methyl sites for hydroxylation is 1. The molecule has 22 heavy (non-hydrogen) atoms. The second kappa shape index (κ2) is 5.57. The van der Waals surface area contributed by atoms with Crippen molar-refractivity contribution >= 4 is 33.3 Å². The van der Waals surface area contributed by atoms with Gasteiger partial charge in [0.25, 0.3) is 5.91 Å². The maximum atomic E-state index is 12.6. The number of pyridine rings is 1. The average Bonchev–Trinajstić information content (AvgIpc) is 3.03. The van der Waals surface area contributed by atoms with Gasteiger partial charge in [-0.2, -0.15) is 0 Å². The number of carbonyl (C=O) groups is 1. The Hall–Kier alpha value is -2.74. The van der Waals surface area contributed by atoms with Gasteiger partial charge in [0.15, 0.2) is 0 Å². The summed E-state index contributed by atoms with van der Waals surface area (Å²) in [6, 6.07) is 5.17. The topological polar surface area (TPSA) is 86.1 Å². The van der Waals surface area contributed by atoms with Gasteiger partial charge in [0.2, 0.25) is 10.6 Å². The third-order valence-corrected chi connectivity index (χ3v) is 3.83. The molecule has 8 heteroatoms. The predicted octanol–water partition coefficient (Wildman–Crippen LogP) is 1.65. The molecule has 0 atom stereocenters. The molecule has 0 saturated heterocycles. The first-order valence-corrected chi connectivity index (χ1v) is 7.23. The summed E-state index contributed by atoms with van der Waals surface area (Å²) in [6.07, 6.45) is 1.51. The SMILES string of the molecule is COc1ccc2c(c1)c(=O)c(C(=O)Nc1nncs1)cn2C. The normalized spacial score (nSPS) is 10.6. The van der Waals surface area contributed by atoms with Crippen molar-refractivity contribution in [3.05, 3.63) is 45.7 Å². The van der Waals surface area contributed by atoms with Crippen molar-refractivity contribution < 1.29 is 9.53 Å². The molecule has 112 valence electrons. The van der Waals surface area contributed by atoms with E-state index < -0.39 is 5.91 Å². The third kappa shape index (κ3) is 2.44. The maximum absolute atomic E-state index is 12.6. The Labute approximate surface area is 129 Å². The summed E-state index contributed by atoms with van der Waals surface area (Å²) in [6.45, 7) is 0. The highest BCUT2D eigenvalue weighted by Crippen LogP contribution is 2.19. The van der Waals surface area contributed by atoms with E-state index in [1.807, 2.05) is 0 Å². The molecule has 0 radical (unpaired) electrons. The van der Waals surface area contributed by atoms with Crippen molar-refractivity contribution in [2.24, 2.45) is 7.05 Å². The summed E-state index contributed by atoms with van der Waals surface area (Å²) in [4.78, 5) is 24.8. The highest BCUT2D eigenvalue weighted by Gasteiger charge is 2.16. The lowest BCUT2D eigenvalue weighted by Gasteiger charge is -2.09. The number of nitrogens with zero attached hydrogens (tertiary/aromatic N) is 3. The lowest BCUT2D eigenvalue weighted by molar-refractivity contribution is 0.102. The molecule has 0 aliphatic rings. The molecular weight excluding hydrogens is 304 g/mol. The Morgan fingerprint density at radius 1 is 1.41 bits per heavy atom. The van der Waals surface area contributed by atoms with Crippen LogP contribution in [-0.4, -0.2) is 27.8 Å². The van der Waals surface area contributed by atoms with Gasteiger partial charge in [0.05, 0.1) is 18.0 Å². The molecule has 0 unspecified atom stereocenters. The number of methoxy groups -OCH3 is 1. The Balaban J connectivity index is 2.12. The van der Waals surface area contributed by atoms with Crippen molar-refractivity contribution in [1.82, 2.24) is 14.8 Å². The van der Waals surface area contributed by atoms with E-state index in [0.717, 1.165) is 5.52 Å². The number of ether oxygens (including phenoxy) is 1. The van der Waals surface area contributed by atoms with E-state index in [0.29, 0.717) is 16.3 Å². The van der Waals surface area contributed by atoms with Gasteiger partial charge in [-0.05, 0) is 18.2 Å². The van der Waals surface area contributed by atoms with E-state index in [-0.39, 0.29) is 11.0 Å². The zero-order chi connectivity index (χ0) is 15.7. The van der Waals surface area contributed by atoms with Gasteiger partial charge in [-0.1, -0.05) is 11.3 Å². The van der Waals surface area contributed by atoms with E-state index in [1.165, 1.54) is 30.2 Å². The summed E-state index contributed by atoms with van der Waals surface area (Å²) in [5.74, 6) is 0.0494. The largest absolute Gasteiger partial charge is 0.497 e. The standard InChI is InChI=1S/C14H12N4O3S/c1-18-6-10(13(20)16-14-17-15-7-22-14)12(19)9-5-8(21-2)3-4-11(9)18/h3-7H,1-2H3,(H,16,17,20). The predicted molar refractivity (Wildman–Crippen MR) is 83.6 cm³/mol. The number of benzene rings is 1. The monoisotopic (exact) mass is 316 g/mol. The van der Waals surface area contributed by atoms with Gasteiger partial charge in [0.1, 0.15) is 16.8 Å². The number of rotatable bonds is 3. The van der Waals surface area contributed by atoms with Crippen molar-refractivity contribution in [3.8, 4) is 5.75 Å². The van der Waals surface area contributed by atoms with E-state index in [1.54, 1.807) is 29.8 Å². The zero-order valence-electron chi connectivity index (χ0n) is 11.9. The van der Waals surface area contributed by atoms with Crippen LogP contribution in [0.4, 0.5) is 5.13 Å². The summed E-state index contributed by atoms with van der Waals surface area (Å²) < 4.78 is 6.86. The van der Waals surface area contributed by atoms with Crippen molar-refractivity contribution in [2.75, 3.05) is 12.4 Å². The number of carbonyl (C=O) groups excluding carboxylic acids is 1. The van der Waals surface area contributed by atoms with Gasteiger partial charge in [-0.3, -0.25) is 14.9 Å². The van der Waals surface area contributed by atoms with Gasteiger partial charge in [-0.15, -0.1) is 10.2 Å². The lowest BCUT2D eigenvalue weighted by Crippen LogP contribution is -2.23. The van der Waals surface area contributed by atoms with Crippen LogP contribution in [0.1, 0.15) is 10.4 Å². The molecule has 0 aliphatic heterocycles. The molecule has 2 aromatic heterocycles. The summed E-state index contributed by atoms with van der Waals surface area (Å²) in [5, 5.41) is 10.7.